The molecule has 1 aliphatic heterocycles. The summed E-state index contributed by atoms with van der Waals surface area (Å²) in [6.07, 6.45) is 15.8. The predicted octanol–water partition coefficient (Wildman–Crippen LogP) is 7.69. The van der Waals surface area contributed by atoms with Crippen molar-refractivity contribution in [3.8, 4) is 0 Å². The molecule has 0 bridgehead atoms. The van der Waals surface area contributed by atoms with Crippen molar-refractivity contribution in [2.75, 3.05) is 40.3 Å². The molecule has 222 valence electrons. The molecule has 5 nitrogen and oxygen atoms in total. The third kappa shape index (κ3) is 9.55. The molecule has 1 aliphatic carbocycles. The topological polar surface area (TPSA) is 51.4 Å². The van der Waals surface area contributed by atoms with Crippen LogP contribution in [0.4, 0.5) is 0 Å². The average Bonchev–Trinajstić information content (AvgIpc) is 2.91. The summed E-state index contributed by atoms with van der Waals surface area (Å²) < 4.78 is 0. The van der Waals surface area contributed by atoms with Crippen LogP contribution in [0.1, 0.15) is 87.0 Å². The highest BCUT2D eigenvalue weighted by atomic mass is 16.3. The van der Waals surface area contributed by atoms with Gasteiger partial charge < -0.3 is 14.9 Å². The summed E-state index contributed by atoms with van der Waals surface area (Å²) in [5, 5.41) is 9.33. The van der Waals surface area contributed by atoms with Gasteiger partial charge in [0.05, 0.1) is 18.0 Å². The molecule has 2 rings (SSSR count). The van der Waals surface area contributed by atoms with E-state index in [2.05, 4.69) is 89.3 Å². The Hall–Kier alpha value is -2.50. The molecule has 1 saturated heterocycles. The quantitative estimate of drug-likeness (QED) is 0.190. The fourth-order valence-electron chi connectivity index (χ4n) is 5.27. The molecule has 1 saturated carbocycles. The van der Waals surface area contributed by atoms with Crippen LogP contribution in [0.5, 0.6) is 0 Å². The third-order valence-electron chi connectivity index (χ3n) is 8.69. The maximum atomic E-state index is 9.33. The SMILES string of the molecule is C=C(C)/C(C)=C/C(=N\C)C(=C/C(C)=C1CCC1)/N=C(\C(C)=C/C(=C\C)N1CCC(N(C)CCO)CC1)C(C)CC. The molecule has 0 aromatic carbocycles. The first-order valence-electron chi connectivity index (χ1n) is 15.3. The van der Waals surface area contributed by atoms with Crippen LogP contribution in [0, 0.1) is 5.92 Å². The van der Waals surface area contributed by atoms with Crippen LogP contribution in [0.3, 0.4) is 0 Å². The van der Waals surface area contributed by atoms with Gasteiger partial charge in [-0.05, 0) is 121 Å². The second-order valence-electron chi connectivity index (χ2n) is 11.7. The zero-order valence-corrected chi connectivity index (χ0v) is 27.0. The minimum atomic E-state index is 0.219. The first-order chi connectivity index (χ1) is 19.1. The van der Waals surface area contributed by atoms with Crippen molar-refractivity contribution in [2.45, 2.75) is 93.0 Å². The van der Waals surface area contributed by atoms with Gasteiger partial charge in [0.2, 0.25) is 0 Å². The van der Waals surface area contributed by atoms with Crippen LogP contribution < -0.4 is 0 Å². The largest absolute Gasteiger partial charge is 0.395 e. The fraction of sp³-hybridized carbons (Fsp3) is 0.600. The lowest BCUT2D eigenvalue weighted by molar-refractivity contribution is 0.126. The third-order valence-corrected chi connectivity index (χ3v) is 8.69. The summed E-state index contributed by atoms with van der Waals surface area (Å²) >= 11 is 0. The van der Waals surface area contributed by atoms with Crippen molar-refractivity contribution >= 4 is 11.4 Å². The van der Waals surface area contributed by atoms with E-state index in [0.717, 1.165) is 67.2 Å². The number of allylic oxidation sites excluding steroid dienone is 9. The number of likely N-dealkylation sites (N-methyl/N-ethyl adjacent to an activating group) is 1. The Balaban J connectivity index is 2.48. The van der Waals surface area contributed by atoms with E-state index in [4.69, 9.17) is 9.98 Å². The number of hydrogen-bond acceptors (Lipinski definition) is 5. The molecule has 0 amide bonds. The highest BCUT2D eigenvalue weighted by Crippen LogP contribution is 2.30. The van der Waals surface area contributed by atoms with Gasteiger partial charge >= 0.3 is 0 Å². The van der Waals surface area contributed by atoms with Crippen LogP contribution in [0.2, 0.25) is 0 Å². The van der Waals surface area contributed by atoms with Crippen LogP contribution in [0.25, 0.3) is 0 Å². The molecular formula is C35H56N4O. The molecular weight excluding hydrogens is 492 g/mol. The number of rotatable bonds is 13. The molecule has 0 aromatic rings. The Morgan fingerprint density at radius 2 is 1.75 bits per heavy atom. The van der Waals surface area contributed by atoms with Gasteiger partial charge in [-0.25, -0.2) is 0 Å². The number of nitrogens with zero attached hydrogens (tertiary/aromatic N) is 4. The zero-order valence-electron chi connectivity index (χ0n) is 27.0. The number of piperidine rings is 1. The van der Waals surface area contributed by atoms with Gasteiger partial charge in [-0.2, -0.15) is 0 Å². The number of hydrogen-bond donors (Lipinski definition) is 1. The summed E-state index contributed by atoms with van der Waals surface area (Å²) in [7, 11) is 3.98. The lowest BCUT2D eigenvalue weighted by Crippen LogP contribution is -2.43. The summed E-state index contributed by atoms with van der Waals surface area (Å²) in [6.45, 7) is 22.4. The minimum absolute atomic E-state index is 0.219. The maximum absolute atomic E-state index is 9.33. The first-order valence-corrected chi connectivity index (χ1v) is 15.3. The molecule has 1 atom stereocenters. The second-order valence-corrected chi connectivity index (χ2v) is 11.7. The van der Waals surface area contributed by atoms with E-state index in [1.54, 1.807) is 0 Å². The number of likely N-dealkylation sites (tertiary alicyclic amines) is 1. The van der Waals surface area contributed by atoms with Crippen molar-refractivity contribution in [3.05, 3.63) is 70.1 Å². The Morgan fingerprint density at radius 3 is 2.23 bits per heavy atom. The van der Waals surface area contributed by atoms with Crippen molar-refractivity contribution in [1.29, 1.82) is 0 Å². The summed E-state index contributed by atoms with van der Waals surface area (Å²) in [6, 6.07) is 0.534. The van der Waals surface area contributed by atoms with E-state index in [-0.39, 0.29) is 6.61 Å². The Labute approximate surface area is 245 Å². The van der Waals surface area contributed by atoms with Gasteiger partial charge in [0.1, 0.15) is 0 Å². The molecule has 0 radical (unpaired) electrons. The van der Waals surface area contributed by atoms with Crippen molar-refractivity contribution < 1.29 is 5.11 Å². The molecule has 2 aliphatic rings. The number of aliphatic hydroxyl groups excluding tert-OH is 1. The molecule has 0 spiro atoms. The van der Waals surface area contributed by atoms with Crippen molar-refractivity contribution in [1.82, 2.24) is 9.80 Å². The number of aliphatic hydroxyl groups is 1. The van der Waals surface area contributed by atoms with Crippen molar-refractivity contribution in [3.63, 3.8) is 0 Å². The highest BCUT2D eigenvalue weighted by Gasteiger charge is 2.23. The van der Waals surface area contributed by atoms with Crippen LogP contribution in [0.15, 0.2) is 80.1 Å². The van der Waals surface area contributed by atoms with E-state index >= 15 is 0 Å². The van der Waals surface area contributed by atoms with E-state index in [1.807, 2.05) is 14.0 Å². The molecule has 0 aromatic heterocycles. The zero-order chi connectivity index (χ0) is 29.8. The smallest absolute Gasteiger partial charge is 0.0887 e. The van der Waals surface area contributed by atoms with Crippen LogP contribution >= 0.6 is 0 Å². The molecule has 40 heavy (non-hydrogen) atoms. The Kier molecular flexibility index (Phi) is 14.1. The minimum Gasteiger partial charge on any atom is -0.395 e. The monoisotopic (exact) mass is 548 g/mol. The fourth-order valence-corrected chi connectivity index (χ4v) is 5.27. The summed E-state index contributed by atoms with van der Waals surface area (Å²) in [5.41, 5.74) is 10.4. The van der Waals surface area contributed by atoms with Gasteiger partial charge in [-0.15, -0.1) is 0 Å². The average molecular weight is 549 g/mol. The number of aliphatic imine (C=N–C) groups is 2. The van der Waals surface area contributed by atoms with E-state index < -0.39 is 0 Å². The van der Waals surface area contributed by atoms with Gasteiger partial charge in [-0.1, -0.05) is 37.6 Å². The molecule has 1 unspecified atom stereocenters. The Morgan fingerprint density at radius 1 is 1.10 bits per heavy atom. The highest BCUT2D eigenvalue weighted by molar-refractivity contribution is 6.12. The standard InChI is InChI=1S/C35H56N4O/c1-11-26(5)35(29(8)22-31(12-2)39-18-16-32(17-19-39)38(10)20-21-40)37-34(24-28(7)30-14-13-15-30)33(36-9)23-27(6)25(3)4/h12,22-24,26,32,40H,3,11,13-21H2,1-2,4-10H3/b27-23+,29-22-,31-12+,34-24-,36-33+,37-35-. The molecule has 1 heterocycles. The lowest BCUT2D eigenvalue weighted by atomic mass is 9.88. The maximum Gasteiger partial charge on any atom is 0.0887 e. The van der Waals surface area contributed by atoms with Gasteiger partial charge in [0.15, 0.2) is 0 Å². The summed E-state index contributed by atoms with van der Waals surface area (Å²) in [4.78, 5) is 14.9. The lowest BCUT2D eigenvalue weighted by Gasteiger charge is -2.38. The molecule has 1 N–H and O–H groups in total. The van der Waals surface area contributed by atoms with E-state index in [9.17, 15) is 5.11 Å². The molecule has 5 heteroatoms. The normalized spacial score (nSPS) is 19.8. The summed E-state index contributed by atoms with van der Waals surface area (Å²) in [5.74, 6) is 0.316. The Bertz CT molecular complexity index is 1080. The van der Waals surface area contributed by atoms with E-state index in [1.165, 1.54) is 41.7 Å². The predicted molar refractivity (Wildman–Crippen MR) is 175 cm³/mol. The van der Waals surface area contributed by atoms with Gasteiger partial charge in [0, 0.05) is 44.1 Å². The second kappa shape index (κ2) is 16.7. The van der Waals surface area contributed by atoms with Crippen LogP contribution in [-0.4, -0.2) is 72.7 Å². The van der Waals surface area contributed by atoms with Gasteiger partial charge in [-0.3, -0.25) is 9.98 Å². The van der Waals surface area contributed by atoms with E-state index in [0.29, 0.717) is 12.0 Å². The first kappa shape index (κ1) is 33.7. The van der Waals surface area contributed by atoms with Gasteiger partial charge in [0.25, 0.3) is 0 Å². The molecule has 2 fully saturated rings. The van der Waals surface area contributed by atoms with Crippen molar-refractivity contribution in [2.24, 2.45) is 15.9 Å². The van der Waals surface area contributed by atoms with Crippen LogP contribution in [-0.2, 0) is 0 Å².